The maximum absolute atomic E-state index is 5.81. The van der Waals surface area contributed by atoms with Crippen LogP contribution in [0.15, 0.2) is 0 Å². The molecular formula is C9H19N3. The molecule has 1 atom stereocenters. The van der Waals surface area contributed by atoms with E-state index < -0.39 is 0 Å². The smallest absolute Gasteiger partial charge is 0.0432 e. The minimum Gasteiger partial charge on any atom is -0.329 e. The zero-order valence-electron chi connectivity index (χ0n) is 7.60. The van der Waals surface area contributed by atoms with Crippen molar-refractivity contribution < 1.29 is 0 Å². The summed E-state index contributed by atoms with van der Waals surface area (Å²) in [7, 11) is 0. The Labute approximate surface area is 74.1 Å². The second-order valence-electron chi connectivity index (χ2n) is 4.18. The molecule has 0 radical (unpaired) electrons. The van der Waals surface area contributed by atoms with Crippen LogP contribution in [0.1, 0.15) is 25.7 Å². The highest BCUT2D eigenvalue weighted by Crippen LogP contribution is 2.25. The fourth-order valence-corrected chi connectivity index (χ4v) is 1.98. The van der Waals surface area contributed by atoms with E-state index in [1.165, 1.54) is 25.7 Å². The third kappa shape index (κ3) is 1.79. The normalized spacial score (nSPS) is 36.8. The van der Waals surface area contributed by atoms with Crippen LogP contribution in [0.3, 0.4) is 0 Å². The minimum atomic E-state index is 0.222. The molecule has 0 amide bonds. The molecule has 4 N–H and O–H groups in total. The van der Waals surface area contributed by atoms with Gasteiger partial charge in [0.1, 0.15) is 0 Å². The molecular weight excluding hydrogens is 150 g/mol. The van der Waals surface area contributed by atoms with E-state index in [2.05, 4.69) is 10.6 Å². The zero-order valence-corrected chi connectivity index (χ0v) is 7.60. The van der Waals surface area contributed by atoms with E-state index in [1.807, 2.05) is 0 Å². The summed E-state index contributed by atoms with van der Waals surface area (Å²) in [5.41, 5.74) is 6.03. The lowest BCUT2D eigenvalue weighted by Crippen LogP contribution is -2.60. The maximum atomic E-state index is 5.81. The van der Waals surface area contributed by atoms with Gasteiger partial charge in [-0.2, -0.15) is 0 Å². The summed E-state index contributed by atoms with van der Waals surface area (Å²) in [5, 5.41) is 7.09. The molecule has 70 valence electrons. The topological polar surface area (TPSA) is 50.1 Å². The number of hydrogen-bond donors (Lipinski definition) is 3. The number of piperidine rings is 1. The fraction of sp³-hybridized carbons (Fsp3) is 1.00. The van der Waals surface area contributed by atoms with Gasteiger partial charge in [-0.1, -0.05) is 0 Å². The Kier molecular flexibility index (Phi) is 2.35. The van der Waals surface area contributed by atoms with Gasteiger partial charge in [-0.3, -0.25) is 0 Å². The maximum Gasteiger partial charge on any atom is 0.0432 e. The lowest BCUT2D eigenvalue weighted by Gasteiger charge is -2.37. The molecule has 1 saturated carbocycles. The highest BCUT2D eigenvalue weighted by atomic mass is 15.1. The highest BCUT2D eigenvalue weighted by Gasteiger charge is 2.35. The Morgan fingerprint density at radius 1 is 1.50 bits per heavy atom. The SMILES string of the molecule is NCC1(NC2CC2)CCCNC1. The molecule has 3 nitrogen and oxygen atoms in total. The number of hydrogen-bond acceptors (Lipinski definition) is 3. The van der Waals surface area contributed by atoms with Crippen LogP contribution in [0.5, 0.6) is 0 Å². The predicted octanol–water partition coefficient (Wildman–Crippen LogP) is -0.181. The standard InChI is InChI=1S/C9H19N3/c10-6-9(12-8-2-3-8)4-1-5-11-7-9/h8,11-12H,1-7,10H2. The molecule has 2 aliphatic rings. The Morgan fingerprint density at radius 3 is 2.83 bits per heavy atom. The van der Waals surface area contributed by atoms with Crippen LogP contribution in [0.2, 0.25) is 0 Å². The largest absolute Gasteiger partial charge is 0.329 e. The number of rotatable bonds is 3. The summed E-state index contributed by atoms with van der Waals surface area (Å²) in [6.45, 7) is 2.99. The average molecular weight is 169 g/mol. The van der Waals surface area contributed by atoms with Gasteiger partial charge < -0.3 is 16.4 Å². The second kappa shape index (κ2) is 3.32. The Hall–Kier alpha value is -0.120. The van der Waals surface area contributed by atoms with Crippen LogP contribution < -0.4 is 16.4 Å². The van der Waals surface area contributed by atoms with Gasteiger partial charge in [-0.15, -0.1) is 0 Å². The van der Waals surface area contributed by atoms with Gasteiger partial charge in [-0.05, 0) is 32.2 Å². The molecule has 1 aliphatic carbocycles. The molecule has 2 rings (SSSR count). The first kappa shape index (κ1) is 8.48. The summed E-state index contributed by atoms with van der Waals surface area (Å²) < 4.78 is 0. The Bertz CT molecular complexity index is 148. The van der Waals surface area contributed by atoms with Crippen molar-refractivity contribution in [3.05, 3.63) is 0 Å². The third-order valence-corrected chi connectivity index (χ3v) is 2.95. The first-order valence-corrected chi connectivity index (χ1v) is 5.03. The number of nitrogens with one attached hydrogen (secondary N) is 2. The highest BCUT2D eigenvalue weighted by molar-refractivity contribution is 4.99. The summed E-state index contributed by atoms with van der Waals surface area (Å²) in [5.74, 6) is 0. The van der Waals surface area contributed by atoms with Crippen molar-refractivity contribution in [2.45, 2.75) is 37.3 Å². The van der Waals surface area contributed by atoms with Crippen molar-refractivity contribution in [3.63, 3.8) is 0 Å². The summed E-state index contributed by atoms with van der Waals surface area (Å²) in [6, 6.07) is 0.772. The van der Waals surface area contributed by atoms with E-state index in [4.69, 9.17) is 5.73 Å². The van der Waals surface area contributed by atoms with Crippen molar-refractivity contribution in [1.82, 2.24) is 10.6 Å². The van der Waals surface area contributed by atoms with E-state index in [9.17, 15) is 0 Å². The minimum absolute atomic E-state index is 0.222. The van der Waals surface area contributed by atoms with Gasteiger partial charge >= 0.3 is 0 Å². The van der Waals surface area contributed by atoms with Gasteiger partial charge in [0.25, 0.3) is 0 Å². The molecule has 0 bridgehead atoms. The van der Waals surface area contributed by atoms with E-state index in [0.29, 0.717) is 0 Å². The van der Waals surface area contributed by atoms with Crippen LogP contribution in [0.25, 0.3) is 0 Å². The van der Waals surface area contributed by atoms with E-state index in [1.54, 1.807) is 0 Å². The predicted molar refractivity (Wildman–Crippen MR) is 50.0 cm³/mol. The lowest BCUT2D eigenvalue weighted by atomic mass is 9.90. The first-order valence-electron chi connectivity index (χ1n) is 5.03. The van der Waals surface area contributed by atoms with Gasteiger partial charge in [0.05, 0.1) is 0 Å². The molecule has 1 aliphatic heterocycles. The summed E-state index contributed by atoms with van der Waals surface area (Å²) in [4.78, 5) is 0. The second-order valence-corrected chi connectivity index (χ2v) is 4.18. The van der Waals surface area contributed by atoms with Crippen LogP contribution in [0.4, 0.5) is 0 Å². The number of nitrogens with two attached hydrogens (primary N) is 1. The Balaban J connectivity index is 1.90. The molecule has 2 fully saturated rings. The fourth-order valence-electron chi connectivity index (χ4n) is 1.98. The molecule has 1 saturated heterocycles. The molecule has 1 unspecified atom stereocenters. The van der Waals surface area contributed by atoms with Crippen LogP contribution in [0, 0.1) is 0 Å². The van der Waals surface area contributed by atoms with Crippen molar-refractivity contribution >= 4 is 0 Å². The Morgan fingerprint density at radius 2 is 2.33 bits per heavy atom. The molecule has 0 spiro atoms. The van der Waals surface area contributed by atoms with E-state index in [-0.39, 0.29) is 5.54 Å². The summed E-state index contributed by atoms with van der Waals surface area (Å²) >= 11 is 0. The van der Waals surface area contributed by atoms with E-state index in [0.717, 1.165) is 25.7 Å². The monoisotopic (exact) mass is 169 g/mol. The quantitative estimate of drug-likeness (QED) is 0.549. The molecule has 1 heterocycles. The molecule has 0 aromatic heterocycles. The van der Waals surface area contributed by atoms with Gasteiger partial charge in [0.15, 0.2) is 0 Å². The van der Waals surface area contributed by atoms with Gasteiger partial charge in [-0.25, -0.2) is 0 Å². The van der Waals surface area contributed by atoms with Crippen molar-refractivity contribution in [2.24, 2.45) is 5.73 Å². The van der Waals surface area contributed by atoms with Crippen LogP contribution in [-0.2, 0) is 0 Å². The van der Waals surface area contributed by atoms with Gasteiger partial charge in [0.2, 0.25) is 0 Å². The van der Waals surface area contributed by atoms with Gasteiger partial charge in [0, 0.05) is 24.7 Å². The van der Waals surface area contributed by atoms with Crippen molar-refractivity contribution in [1.29, 1.82) is 0 Å². The van der Waals surface area contributed by atoms with Crippen molar-refractivity contribution in [3.8, 4) is 0 Å². The van der Waals surface area contributed by atoms with Crippen molar-refractivity contribution in [2.75, 3.05) is 19.6 Å². The van der Waals surface area contributed by atoms with E-state index >= 15 is 0 Å². The van der Waals surface area contributed by atoms with Crippen LogP contribution >= 0.6 is 0 Å². The average Bonchev–Trinajstić information content (AvgIpc) is 2.90. The molecule has 0 aromatic carbocycles. The molecule has 12 heavy (non-hydrogen) atoms. The third-order valence-electron chi connectivity index (χ3n) is 2.95. The molecule has 3 heteroatoms. The first-order chi connectivity index (χ1) is 5.85. The molecule has 0 aromatic rings. The summed E-state index contributed by atoms with van der Waals surface area (Å²) in [6.07, 6.45) is 5.20. The van der Waals surface area contributed by atoms with Crippen LogP contribution in [-0.4, -0.2) is 31.2 Å². The lowest BCUT2D eigenvalue weighted by molar-refractivity contribution is 0.253. The zero-order chi connectivity index (χ0) is 8.44.